The number of amides is 2. The van der Waals surface area contributed by atoms with Gasteiger partial charge in [-0.3, -0.25) is 4.79 Å². The summed E-state index contributed by atoms with van der Waals surface area (Å²) in [5, 5.41) is 0. The predicted molar refractivity (Wildman–Crippen MR) is 86.4 cm³/mol. The Bertz CT molecular complexity index is 391. The first-order valence-electron chi connectivity index (χ1n) is 8.16. The van der Waals surface area contributed by atoms with Gasteiger partial charge in [-0.1, -0.05) is 0 Å². The minimum absolute atomic E-state index is 0.0307. The number of piperidine rings is 1. The molecule has 0 radical (unpaired) electrons. The van der Waals surface area contributed by atoms with Gasteiger partial charge in [0.05, 0.1) is 6.04 Å². The van der Waals surface area contributed by atoms with Gasteiger partial charge in [0, 0.05) is 26.2 Å². The van der Waals surface area contributed by atoms with E-state index in [0.29, 0.717) is 19.6 Å². The minimum Gasteiger partial charge on any atom is -0.444 e. The van der Waals surface area contributed by atoms with Gasteiger partial charge in [-0.05, 0) is 53.4 Å². The van der Waals surface area contributed by atoms with E-state index in [1.807, 2.05) is 27.7 Å². The molecule has 2 amide bonds. The Balaban J connectivity index is 2.59. The third kappa shape index (κ3) is 5.83. The molecular weight excluding hydrogens is 282 g/mol. The fraction of sp³-hybridized carbons (Fsp3) is 0.875. The average Bonchev–Trinajstić information content (AvgIpc) is 2.42. The molecule has 1 saturated heterocycles. The summed E-state index contributed by atoms with van der Waals surface area (Å²) in [5.41, 5.74) is 5.20. The van der Waals surface area contributed by atoms with Crippen molar-refractivity contribution >= 4 is 12.0 Å². The second-order valence-corrected chi connectivity index (χ2v) is 7.10. The van der Waals surface area contributed by atoms with Gasteiger partial charge in [-0.15, -0.1) is 0 Å². The van der Waals surface area contributed by atoms with E-state index in [0.717, 1.165) is 19.4 Å². The molecule has 0 bridgehead atoms. The molecule has 128 valence electrons. The molecule has 22 heavy (non-hydrogen) atoms. The Labute approximate surface area is 134 Å². The van der Waals surface area contributed by atoms with Crippen LogP contribution in [-0.2, 0) is 9.53 Å². The van der Waals surface area contributed by atoms with Crippen molar-refractivity contribution in [3.8, 4) is 0 Å². The standard InChI is InChI=1S/C16H31N3O3/c1-6-18(14(20)12(2)17)10-13-8-7-9-19(11-13)15(21)22-16(3,4)5/h12-13H,6-11,17H2,1-5H3/t12-,13+/m0/s1. The molecule has 1 aliphatic heterocycles. The van der Waals surface area contributed by atoms with Gasteiger partial charge >= 0.3 is 6.09 Å². The quantitative estimate of drug-likeness (QED) is 0.859. The van der Waals surface area contributed by atoms with Gasteiger partial charge in [-0.2, -0.15) is 0 Å². The number of hydrogen-bond donors (Lipinski definition) is 1. The lowest BCUT2D eigenvalue weighted by Crippen LogP contribution is -2.48. The highest BCUT2D eigenvalue weighted by Gasteiger charge is 2.29. The van der Waals surface area contributed by atoms with E-state index in [1.165, 1.54) is 0 Å². The summed E-state index contributed by atoms with van der Waals surface area (Å²) in [7, 11) is 0. The summed E-state index contributed by atoms with van der Waals surface area (Å²) < 4.78 is 5.43. The minimum atomic E-state index is -0.482. The fourth-order valence-corrected chi connectivity index (χ4v) is 2.68. The summed E-state index contributed by atoms with van der Waals surface area (Å²) in [6, 6.07) is -0.481. The Hall–Kier alpha value is -1.30. The molecule has 0 unspecified atom stereocenters. The first kappa shape index (κ1) is 18.7. The largest absolute Gasteiger partial charge is 0.444 e. The van der Waals surface area contributed by atoms with Crippen molar-refractivity contribution in [2.75, 3.05) is 26.2 Å². The molecule has 0 aromatic carbocycles. The third-order valence-corrected chi connectivity index (χ3v) is 3.73. The summed E-state index contributed by atoms with van der Waals surface area (Å²) in [4.78, 5) is 27.7. The van der Waals surface area contributed by atoms with Gasteiger partial charge < -0.3 is 20.3 Å². The van der Waals surface area contributed by atoms with Gasteiger partial charge in [0.1, 0.15) is 5.60 Å². The zero-order valence-electron chi connectivity index (χ0n) is 14.6. The summed E-state index contributed by atoms with van der Waals surface area (Å²) in [6.07, 6.45) is 1.69. The molecule has 6 heteroatoms. The summed E-state index contributed by atoms with van der Waals surface area (Å²) in [6.45, 7) is 11.9. The lowest BCUT2D eigenvalue weighted by Gasteiger charge is -2.36. The van der Waals surface area contributed by atoms with Crippen LogP contribution >= 0.6 is 0 Å². The van der Waals surface area contributed by atoms with Crippen molar-refractivity contribution in [2.45, 2.75) is 59.1 Å². The second-order valence-electron chi connectivity index (χ2n) is 7.10. The Morgan fingerprint density at radius 1 is 1.41 bits per heavy atom. The third-order valence-electron chi connectivity index (χ3n) is 3.73. The zero-order chi connectivity index (χ0) is 16.9. The zero-order valence-corrected chi connectivity index (χ0v) is 14.6. The molecular formula is C16H31N3O3. The highest BCUT2D eigenvalue weighted by atomic mass is 16.6. The van der Waals surface area contributed by atoms with Crippen LogP contribution in [0.15, 0.2) is 0 Å². The molecule has 1 rings (SSSR count). The lowest BCUT2D eigenvalue weighted by atomic mass is 9.97. The van der Waals surface area contributed by atoms with Crippen LogP contribution in [0, 0.1) is 5.92 Å². The van der Waals surface area contributed by atoms with Gasteiger partial charge in [0.15, 0.2) is 0 Å². The topological polar surface area (TPSA) is 75.9 Å². The number of hydrogen-bond acceptors (Lipinski definition) is 4. The van der Waals surface area contributed by atoms with Crippen molar-refractivity contribution in [3.05, 3.63) is 0 Å². The maximum Gasteiger partial charge on any atom is 0.410 e. The molecule has 0 aromatic heterocycles. The first-order chi connectivity index (χ1) is 10.1. The van der Waals surface area contributed by atoms with Crippen LogP contribution in [0.5, 0.6) is 0 Å². The fourth-order valence-electron chi connectivity index (χ4n) is 2.68. The van der Waals surface area contributed by atoms with E-state index in [-0.39, 0.29) is 17.9 Å². The molecule has 0 aromatic rings. The number of likely N-dealkylation sites (N-methyl/N-ethyl adjacent to an activating group) is 1. The normalized spacial score (nSPS) is 20.5. The van der Waals surface area contributed by atoms with Crippen molar-refractivity contribution in [1.29, 1.82) is 0 Å². The maximum absolute atomic E-state index is 12.2. The number of carbonyl (C=O) groups excluding carboxylic acids is 2. The van der Waals surface area contributed by atoms with Crippen molar-refractivity contribution in [3.63, 3.8) is 0 Å². The van der Waals surface area contributed by atoms with Crippen LogP contribution < -0.4 is 5.73 Å². The Morgan fingerprint density at radius 3 is 2.55 bits per heavy atom. The SMILES string of the molecule is CCN(C[C@H]1CCCN(C(=O)OC(C)(C)C)C1)C(=O)[C@H](C)N. The monoisotopic (exact) mass is 313 g/mol. The average molecular weight is 313 g/mol. The van der Waals surface area contributed by atoms with E-state index >= 15 is 0 Å². The van der Waals surface area contributed by atoms with E-state index in [2.05, 4.69) is 0 Å². The van der Waals surface area contributed by atoms with E-state index in [9.17, 15) is 9.59 Å². The predicted octanol–water partition coefficient (Wildman–Crippen LogP) is 1.83. The molecule has 0 spiro atoms. The highest BCUT2D eigenvalue weighted by Crippen LogP contribution is 2.20. The van der Waals surface area contributed by atoms with E-state index in [4.69, 9.17) is 10.5 Å². The first-order valence-corrected chi connectivity index (χ1v) is 8.16. The highest BCUT2D eigenvalue weighted by molar-refractivity contribution is 5.81. The van der Waals surface area contributed by atoms with Crippen LogP contribution in [0.2, 0.25) is 0 Å². The van der Waals surface area contributed by atoms with E-state index < -0.39 is 11.6 Å². The van der Waals surface area contributed by atoms with E-state index in [1.54, 1.807) is 16.7 Å². The van der Waals surface area contributed by atoms with Crippen molar-refractivity contribution < 1.29 is 14.3 Å². The molecule has 0 saturated carbocycles. The van der Waals surface area contributed by atoms with Crippen LogP contribution in [0.25, 0.3) is 0 Å². The van der Waals surface area contributed by atoms with Crippen molar-refractivity contribution in [2.24, 2.45) is 11.7 Å². The summed E-state index contributed by atoms with van der Waals surface area (Å²) in [5.74, 6) is 0.251. The summed E-state index contributed by atoms with van der Waals surface area (Å²) >= 11 is 0. The number of likely N-dealkylation sites (tertiary alicyclic amines) is 1. The molecule has 2 N–H and O–H groups in total. The van der Waals surface area contributed by atoms with Gasteiger partial charge in [0.25, 0.3) is 0 Å². The molecule has 2 atom stereocenters. The van der Waals surface area contributed by atoms with Crippen LogP contribution in [0.3, 0.4) is 0 Å². The molecule has 1 heterocycles. The van der Waals surface area contributed by atoms with Crippen molar-refractivity contribution in [1.82, 2.24) is 9.80 Å². The molecule has 0 aliphatic carbocycles. The number of rotatable bonds is 4. The number of ether oxygens (including phenoxy) is 1. The molecule has 1 fully saturated rings. The number of nitrogens with zero attached hydrogens (tertiary/aromatic N) is 2. The smallest absolute Gasteiger partial charge is 0.410 e. The number of carbonyl (C=O) groups is 2. The lowest BCUT2D eigenvalue weighted by molar-refractivity contribution is -0.132. The van der Waals surface area contributed by atoms with Crippen LogP contribution in [0.1, 0.15) is 47.5 Å². The molecule has 6 nitrogen and oxygen atoms in total. The maximum atomic E-state index is 12.2. The Kier molecular flexibility index (Phi) is 6.66. The van der Waals surface area contributed by atoms with Gasteiger partial charge in [-0.25, -0.2) is 4.79 Å². The molecule has 1 aliphatic rings. The number of nitrogens with two attached hydrogens (primary N) is 1. The van der Waals surface area contributed by atoms with Crippen LogP contribution in [-0.4, -0.2) is 59.6 Å². The van der Waals surface area contributed by atoms with Crippen LogP contribution in [0.4, 0.5) is 4.79 Å². The Morgan fingerprint density at radius 2 is 2.05 bits per heavy atom. The van der Waals surface area contributed by atoms with Gasteiger partial charge in [0.2, 0.25) is 5.91 Å². The second kappa shape index (κ2) is 7.81.